The van der Waals surface area contributed by atoms with Gasteiger partial charge in [0.1, 0.15) is 0 Å². The molecule has 0 aromatic carbocycles. The van der Waals surface area contributed by atoms with Crippen LogP contribution in [0.5, 0.6) is 0 Å². The van der Waals surface area contributed by atoms with Crippen LogP contribution in [-0.4, -0.2) is 91.2 Å². The molecule has 24 heavy (non-hydrogen) atoms. The van der Waals surface area contributed by atoms with E-state index in [1.807, 2.05) is 0 Å². The monoisotopic (exact) mass is 344 g/mol. The minimum Gasteiger partial charge on any atom is -0.380 e. The number of hydrogen-bond donors (Lipinski definition) is 6. The minimum absolute atomic E-state index is 0.377. The molecule has 0 radical (unpaired) electrons. The van der Waals surface area contributed by atoms with Gasteiger partial charge in [0.05, 0.1) is 6.61 Å². The van der Waals surface area contributed by atoms with Crippen molar-refractivity contribution >= 4 is 0 Å². The van der Waals surface area contributed by atoms with Crippen LogP contribution in [0.3, 0.4) is 0 Å². The molecule has 1 unspecified atom stereocenters. The van der Waals surface area contributed by atoms with Gasteiger partial charge in [-0.15, -0.1) is 0 Å². The van der Waals surface area contributed by atoms with Gasteiger partial charge in [0.25, 0.3) is 0 Å². The average Bonchev–Trinajstić information content (AvgIpc) is 2.59. The summed E-state index contributed by atoms with van der Waals surface area (Å²) in [5.41, 5.74) is 0. The molecule has 0 aliphatic carbocycles. The Bertz CT molecular complexity index is 239. The Morgan fingerprint density at radius 1 is 0.708 bits per heavy atom. The molecule has 6 N–H and O–H groups in total. The fraction of sp³-hybridized carbons (Fsp3) is 1.00. The lowest BCUT2D eigenvalue weighted by molar-refractivity contribution is 0.108. The van der Waals surface area contributed by atoms with Crippen LogP contribution in [0.25, 0.3) is 0 Å². The van der Waals surface area contributed by atoms with E-state index in [-0.39, 0.29) is 0 Å². The summed E-state index contributed by atoms with van der Waals surface area (Å²) in [6, 6.07) is 0.377. The topological polar surface area (TPSA) is 81.4 Å². The first-order valence-corrected chi connectivity index (χ1v) is 9.78. The van der Waals surface area contributed by atoms with E-state index >= 15 is 0 Å². The maximum absolute atomic E-state index is 5.79. The van der Waals surface area contributed by atoms with Gasteiger partial charge in [0, 0.05) is 84.6 Å². The van der Waals surface area contributed by atoms with Gasteiger partial charge >= 0.3 is 0 Å². The van der Waals surface area contributed by atoms with E-state index in [0.29, 0.717) is 6.04 Å². The van der Waals surface area contributed by atoms with Gasteiger partial charge in [-0.3, -0.25) is 0 Å². The van der Waals surface area contributed by atoms with Crippen LogP contribution in [0, 0.1) is 0 Å². The Morgan fingerprint density at radius 2 is 1.21 bits per heavy atom. The van der Waals surface area contributed by atoms with Crippen molar-refractivity contribution in [2.75, 3.05) is 85.2 Å². The lowest BCUT2D eigenvalue weighted by Crippen LogP contribution is -2.46. The van der Waals surface area contributed by atoms with Gasteiger partial charge in [-0.05, 0) is 6.42 Å². The summed E-state index contributed by atoms with van der Waals surface area (Å²) < 4.78 is 5.79. The van der Waals surface area contributed by atoms with E-state index < -0.39 is 0 Å². The molecule has 0 saturated carbocycles. The first-order chi connectivity index (χ1) is 11.9. The summed E-state index contributed by atoms with van der Waals surface area (Å²) in [4.78, 5) is 0. The lowest BCUT2D eigenvalue weighted by Gasteiger charge is -2.20. The molecular weight excluding hydrogens is 304 g/mol. The fourth-order valence-corrected chi connectivity index (χ4v) is 2.51. The van der Waals surface area contributed by atoms with Crippen molar-refractivity contribution in [1.82, 2.24) is 31.9 Å². The molecule has 1 atom stereocenters. The Balaban J connectivity index is 2.21. The Kier molecular flexibility index (Phi) is 15.9. The largest absolute Gasteiger partial charge is 0.380 e. The van der Waals surface area contributed by atoms with Crippen LogP contribution in [0.1, 0.15) is 19.8 Å². The average molecular weight is 345 g/mol. The first-order valence-electron chi connectivity index (χ1n) is 9.78. The quantitative estimate of drug-likeness (QED) is 0.347. The van der Waals surface area contributed by atoms with Crippen LogP contribution in [0.15, 0.2) is 0 Å². The van der Waals surface area contributed by atoms with E-state index in [9.17, 15) is 0 Å². The van der Waals surface area contributed by atoms with Crippen LogP contribution in [0.4, 0.5) is 0 Å². The summed E-state index contributed by atoms with van der Waals surface area (Å²) in [6.07, 6.45) is 2.33. The summed E-state index contributed by atoms with van der Waals surface area (Å²) >= 11 is 0. The third-order valence-corrected chi connectivity index (χ3v) is 4.00. The molecular formula is C17H40N6O. The highest BCUT2D eigenvalue weighted by Gasteiger charge is 2.07. The number of unbranched alkanes of at least 4 members (excludes halogenated alkanes) is 1. The number of nitrogens with one attached hydrogen (secondary N) is 6. The van der Waals surface area contributed by atoms with Gasteiger partial charge in [-0.2, -0.15) is 0 Å². The van der Waals surface area contributed by atoms with Gasteiger partial charge in [0.15, 0.2) is 0 Å². The third-order valence-electron chi connectivity index (χ3n) is 4.00. The van der Waals surface area contributed by atoms with Crippen molar-refractivity contribution in [2.45, 2.75) is 25.8 Å². The third kappa shape index (κ3) is 14.1. The molecule has 1 aliphatic rings. The maximum atomic E-state index is 5.79. The maximum Gasteiger partial charge on any atom is 0.0632 e. The molecule has 1 heterocycles. The summed E-state index contributed by atoms with van der Waals surface area (Å²) in [6.45, 7) is 14.9. The molecule has 0 amide bonds. The molecule has 7 heteroatoms. The Labute approximate surface area is 148 Å². The highest BCUT2D eigenvalue weighted by molar-refractivity contribution is 4.71. The second-order valence-corrected chi connectivity index (χ2v) is 6.28. The van der Waals surface area contributed by atoms with Crippen molar-refractivity contribution in [3.63, 3.8) is 0 Å². The van der Waals surface area contributed by atoms with Crippen LogP contribution >= 0.6 is 0 Å². The molecule has 0 bridgehead atoms. The number of rotatable bonds is 5. The molecule has 0 spiro atoms. The Morgan fingerprint density at radius 3 is 1.75 bits per heavy atom. The summed E-state index contributed by atoms with van der Waals surface area (Å²) in [5.74, 6) is 0. The summed E-state index contributed by atoms with van der Waals surface area (Å²) in [5, 5.41) is 20.9. The van der Waals surface area contributed by atoms with Crippen molar-refractivity contribution in [2.24, 2.45) is 0 Å². The normalized spacial score (nSPS) is 24.1. The SMILES string of the molecule is CCCCOCC1CNCCNCCNCCNCCNCCN1. The smallest absolute Gasteiger partial charge is 0.0632 e. The zero-order valence-electron chi connectivity index (χ0n) is 15.6. The number of ether oxygens (including phenoxy) is 1. The predicted octanol–water partition coefficient (Wildman–Crippen LogP) is -1.28. The van der Waals surface area contributed by atoms with Gasteiger partial charge in [0.2, 0.25) is 0 Å². The van der Waals surface area contributed by atoms with E-state index in [1.165, 1.54) is 6.42 Å². The highest BCUT2D eigenvalue weighted by atomic mass is 16.5. The molecule has 1 fully saturated rings. The number of hydrogen-bond acceptors (Lipinski definition) is 7. The predicted molar refractivity (Wildman–Crippen MR) is 102 cm³/mol. The fourth-order valence-electron chi connectivity index (χ4n) is 2.51. The van der Waals surface area contributed by atoms with Crippen LogP contribution < -0.4 is 31.9 Å². The second-order valence-electron chi connectivity index (χ2n) is 6.28. The second kappa shape index (κ2) is 17.5. The van der Waals surface area contributed by atoms with E-state index in [4.69, 9.17) is 4.74 Å². The first kappa shape index (κ1) is 21.8. The minimum atomic E-state index is 0.377. The zero-order valence-corrected chi connectivity index (χ0v) is 15.6. The van der Waals surface area contributed by atoms with Crippen LogP contribution in [0.2, 0.25) is 0 Å². The molecule has 7 nitrogen and oxygen atoms in total. The highest BCUT2D eigenvalue weighted by Crippen LogP contribution is 1.91. The van der Waals surface area contributed by atoms with Crippen LogP contribution in [-0.2, 0) is 4.74 Å². The summed E-state index contributed by atoms with van der Waals surface area (Å²) in [7, 11) is 0. The lowest BCUT2D eigenvalue weighted by atomic mass is 10.3. The van der Waals surface area contributed by atoms with Crippen molar-refractivity contribution in [3.8, 4) is 0 Å². The van der Waals surface area contributed by atoms with Crippen molar-refractivity contribution < 1.29 is 4.74 Å². The molecule has 1 aliphatic heterocycles. The van der Waals surface area contributed by atoms with Crippen molar-refractivity contribution in [3.05, 3.63) is 0 Å². The van der Waals surface area contributed by atoms with Crippen molar-refractivity contribution in [1.29, 1.82) is 0 Å². The molecule has 0 aromatic heterocycles. The van der Waals surface area contributed by atoms with E-state index in [2.05, 4.69) is 38.8 Å². The zero-order chi connectivity index (χ0) is 17.1. The van der Waals surface area contributed by atoms with E-state index in [1.54, 1.807) is 0 Å². The van der Waals surface area contributed by atoms with E-state index in [0.717, 1.165) is 91.6 Å². The Hall–Kier alpha value is -0.280. The van der Waals surface area contributed by atoms with Gasteiger partial charge in [-0.25, -0.2) is 0 Å². The molecule has 0 aromatic rings. The standard InChI is InChI=1S/C17H40N6O/c1-2-3-14-24-16-17-15-22-11-10-20-7-6-18-4-5-19-8-9-21-12-13-23-17/h17-23H,2-16H2,1H3. The molecule has 1 saturated heterocycles. The molecule has 144 valence electrons. The molecule has 1 rings (SSSR count). The van der Waals surface area contributed by atoms with Gasteiger partial charge in [-0.1, -0.05) is 13.3 Å². The van der Waals surface area contributed by atoms with Gasteiger partial charge < -0.3 is 36.6 Å².